The largest absolute Gasteiger partial charge is 0.353 e. The summed E-state index contributed by atoms with van der Waals surface area (Å²) in [6.07, 6.45) is 1.51. The van der Waals surface area contributed by atoms with Crippen LogP contribution in [0.25, 0.3) is 0 Å². The van der Waals surface area contributed by atoms with E-state index in [9.17, 15) is 9.59 Å². The van der Waals surface area contributed by atoms with Gasteiger partial charge in [-0.3, -0.25) is 9.59 Å². The number of halogens is 2. The number of rotatable bonds is 4. The number of hydrogen-bond donors (Lipinski definition) is 1. The molecule has 0 radical (unpaired) electrons. The molecule has 2 rings (SSSR count). The van der Waals surface area contributed by atoms with Crippen LogP contribution in [0.3, 0.4) is 0 Å². The molecule has 1 aliphatic heterocycles. The first-order chi connectivity index (χ1) is 10.0. The highest BCUT2D eigenvalue weighted by Crippen LogP contribution is 2.22. The van der Waals surface area contributed by atoms with Crippen LogP contribution in [-0.2, 0) is 16.0 Å². The number of nitrogens with one attached hydrogen (secondary N) is 1. The summed E-state index contributed by atoms with van der Waals surface area (Å²) in [7, 11) is 0. The number of aryl methyl sites for hydroxylation is 1. The van der Waals surface area contributed by atoms with Gasteiger partial charge >= 0.3 is 0 Å². The van der Waals surface area contributed by atoms with Crippen molar-refractivity contribution in [2.24, 2.45) is 0 Å². The van der Waals surface area contributed by atoms with Crippen molar-refractivity contribution in [3.05, 3.63) is 33.8 Å². The van der Waals surface area contributed by atoms with Crippen LogP contribution in [-0.4, -0.2) is 35.8 Å². The van der Waals surface area contributed by atoms with Crippen molar-refractivity contribution in [3.63, 3.8) is 0 Å². The zero-order valence-electron chi connectivity index (χ0n) is 11.9. The summed E-state index contributed by atoms with van der Waals surface area (Å²) in [5.41, 5.74) is 0.893. The van der Waals surface area contributed by atoms with Crippen molar-refractivity contribution in [1.82, 2.24) is 10.2 Å². The summed E-state index contributed by atoms with van der Waals surface area (Å²) < 4.78 is 0. The smallest absolute Gasteiger partial charge is 0.242 e. The average molecular weight is 329 g/mol. The van der Waals surface area contributed by atoms with Crippen LogP contribution in [0, 0.1) is 0 Å². The molecular formula is C15H18Cl2N2O2. The normalized spacial score (nSPS) is 18.5. The van der Waals surface area contributed by atoms with Crippen LogP contribution in [0.5, 0.6) is 0 Å². The topological polar surface area (TPSA) is 49.4 Å². The average Bonchev–Trinajstić information content (AvgIpc) is 2.45. The van der Waals surface area contributed by atoms with Crippen molar-refractivity contribution in [3.8, 4) is 0 Å². The summed E-state index contributed by atoms with van der Waals surface area (Å²) >= 11 is 12.0. The SMILES string of the molecule is CCC1C(=O)NCCN1C(=O)CCc1ccc(Cl)cc1Cl. The third-order valence-corrected chi connectivity index (χ3v) is 4.25. The number of hydrogen-bond acceptors (Lipinski definition) is 2. The molecule has 1 fully saturated rings. The van der Waals surface area contributed by atoms with Crippen LogP contribution < -0.4 is 5.32 Å². The summed E-state index contributed by atoms with van der Waals surface area (Å²) in [5.74, 6) is -0.0793. The molecule has 0 saturated carbocycles. The molecule has 0 spiro atoms. The van der Waals surface area contributed by atoms with Crippen molar-refractivity contribution in [2.75, 3.05) is 13.1 Å². The highest BCUT2D eigenvalue weighted by molar-refractivity contribution is 6.35. The summed E-state index contributed by atoms with van der Waals surface area (Å²) in [6.45, 7) is 2.99. The predicted molar refractivity (Wildman–Crippen MR) is 83.6 cm³/mol. The first-order valence-corrected chi connectivity index (χ1v) is 7.79. The Balaban J connectivity index is 1.99. The van der Waals surface area contributed by atoms with Crippen molar-refractivity contribution in [1.29, 1.82) is 0 Å². The van der Waals surface area contributed by atoms with E-state index in [-0.39, 0.29) is 17.9 Å². The van der Waals surface area contributed by atoms with Gasteiger partial charge in [0.25, 0.3) is 0 Å². The van der Waals surface area contributed by atoms with E-state index in [0.29, 0.717) is 42.4 Å². The van der Waals surface area contributed by atoms with Gasteiger partial charge < -0.3 is 10.2 Å². The molecule has 1 aromatic rings. The van der Waals surface area contributed by atoms with E-state index in [1.807, 2.05) is 13.0 Å². The van der Waals surface area contributed by atoms with Gasteiger partial charge in [0.1, 0.15) is 6.04 Å². The Kier molecular flexibility index (Phi) is 5.48. The maximum atomic E-state index is 12.3. The van der Waals surface area contributed by atoms with Gasteiger partial charge in [-0.1, -0.05) is 36.2 Å². The molecule has 114 valence electrons. The molecule has 2 amide bonds. The lowest BCUT2D eigenvalue weighted by atomic mass is 10.1. The molecule has 1 aromatic carbocycles. The molecule has 6 heteroatoms. The Morgan fingerprint density at radius 2 is 2.19 bits per heavy atom. The van der Waals surface area contributed by atoms with Gasteiger partial charge in [0.15, 0.2) is 0 Å². The zero-order valence-corrected chi connectivity index (χ0v) is 13.4. The molecule has 4 nitrogen and oxygen atoms in total. The van der Waals surface area contributed by atoms with Crippen molar-refractivity contribution >= 4 is 35.0 Å². The van der Waals surface area contributed by atoms with E-state index in [4.69, 9.17) is 23.2 Å². The number of carbonyl (C=O) groups is 2. The first-order valence-electron chi connectivity index (χ1n) is 7.04. The standard InChI is InChI=1S/C15H18Cl2N2O2/c1-2-13-15(21)18-7-8-19(13)14(20)6-4-10-3-5-11(16)9-12(10)17/h3,5,9,13H,2,4,6-8H2,1H3,(H,18,21). The molecular weight excluding hydrogens is 311 g/mol. The molecule has 1 N–H and O–H groups in total. The number of benzene rings is 1. The van der Waals surface area contributed by atoms with Gasteiger partial charge in [0.05, 0.1) is 0 Å². The van der Waals surface area contributed by atoms with E-state index in [2.05, 4.69) is 5.32 Å². The second-order valence-electron chi connectivity index (χ2n) is 5.04. The molecule has 1 heterocycles. The summed E-state index contributed by atoms with van der Waals surface area (Å²) in [5, 5.41) is 3.93. The Morgan fingerprint density at radius 1 is 1.43 bits per heavy atom. The van der Waals surface area contributed by atoms with Gasteiger partial charge in [-0.25, -0.2) is 0 Å². The predicted octanol–water partition coefficient (Wildman–Crippen LogP) is 2.66. The minimum atomic E-state index is -0.355. The number of carbonyl (C=O) groups excluding carboxylic acids is 2. The van der Waals surface area contributed by atoms with Crippen LogP contribution in [0.1, 0.15) is 25.3 Å². The lowest BCUT2D eigenvalue weighted by Gasteiger charge is -2.34. The van der Waals surface area contributed by atoms with Gasteiger partial charge in [0, 0.05) is 29.6 Å². The second-order valence-corrected chi connectivity index (χ2v) is 5.88. The number of nitrogens with zero attached hydrogens (tertiary/aromatic N) is 1. The van der Waals surface area contributed by atoms with Gasteiger partial charge in [-0.15, -0.1) is 0 Å². The fraction of sp³-hybridized carbons (Fsp3) is 0.467. The molecule has 1 unspecified atom stereocenters. The Morgan fingerprint density at radius 3 is 2.86 bits per heavy atom. The molecule has 0 aromatic heterocycles. The number of amides is 2. The minimum Gasteiger partial charge on any atom is -0.353 e. The summed E-state index contributed by atoms with van der Waals surface area (Å²) in [6, 6.07) is 4.91. The quantitative estimate of drug-likeness (QED) is 0.923. The maximum Gasteiger partial charge on any atom is 0.242 e. The van der Waals surface area contributed by atoms with Crippen molar-refractivity contribution < 1.29 is 9.59 Å². The first kappa shape index (κ1) is 16.1. The van der Waals surface area contributed by atoms with E-state index >= 15 is 0 Å². The third kappa shape index (κ3) is 3.89. The van der Waals surface area contributed by atoms with Gasteiger partial charge in [-0.2, -0.15) is 0 Å². The zero-order chi connectivity index (χ0) is 15.4. The maximum absolute atomic E-state index is 12.3. The van der Waals surface area contributed by atoms with Gasteiger partial charge in [0.2, 0.25) is 11.8 Å². The van der Waals surface area contributed by atoms with E-state index in [1.54, 1.807) is 17.0 Å². The Labute approximate surface area is 134 Å². The minimum absolute atomic E-state index is 0.0114. The number of piperazine rings is 1. The molecule has 1 saturated heterocycles. The van der Waals surface area contributed by atoms with Gasteiger partial charge in [-0.05, 0) is 30.5 Å². The lowest BCUT2D eigenvalue weighted by Crippen LogP contribution is -2.56. The fourth-order valence-corrected chi connectivity index (χ4v) is 3.03. The second kappa shape index (κ2) is 7.14. The molecule has 1 aliphatic rings. The molecule has 0 bridgehead atoms. The van der Waals surface area contributed by atoms with E-state index in [1.165, 1.54) is 0 Å². The third-order valence-electron chi connectivity index (χ3n) is 3.66. The highest BCUT2D eigenvalue weighted by Gasteiger charge is 2.31. The monoisotopic (exact) mass is 328 g/mol. The van der Waals surface area contributed by atoms with Crippen LogP contribution in [0.2, 0.25) is 10.0 Å². The van der Waals surface area contributed by atoms with Crippen LogP contribution in [0.15, 0.2) is 18.2 Å². The van der Waals surface area contributed by atoms with E-state index in [0.717, 1.165) is 5.56 Å². The summed E-state index contributed by atoms with van der Waals surface area (Å²) in [4.78, 5) is 25.8. The fourth-order valence-electron chi connectivity index (χ4n) is 2.53. The molecule has 0 aliphatic carbocycles. The lowest BCUT2D eigenvalue weighted by molar-refractivity contribution is -0.143. The Hall–Kier alpha value is -1.26. The van der Waals surface area contributed by atoms with Crippen LogP contribution in [0.4, 0.5) is 0 Å². The molecule has 1 atom stereocenters. The molecule has 21 heavy (non-hydrogen) atoms. The highest BCUT2D eigenvalue weighted by atomic mass is 35.5. The Bertz CT molecular complexity index is 548. The van der Waals surface area contributed by atoms with E-state index < -0.39 is 0 Å². The van der Waals surface area contributed by atoms with Crippen molar-refractivity contribution in [2.45, 2.75) is 32.2 Å². The van der Waals surface area contributed by atoms with Crippen LogP contribution >= 0.6 is 23.2 Å².